The molecule has 0 saturated heterocycles. The molecule has 1 aromatic heterocycles. The van der Waals surface area contributed by atoms with Crippen LogP contribution in [0.25, 0.3) is 11.3 Å². The quantitative estimate of drug-likeness (QED) is 0.466. The molecule has 0 amide bonds. The number of nitrogens with one attached hydrogen (secondary N) is 2. The number of ether oxygens (including phenoxy) is 1. The van der Waals surface area contributed by atoms with E-state index in [-0.39, 0.29) is 23.1 Å². The summed E-state index contributed by atoms with van der Waals surface area (Å²) in [7, 11) is 3.76. The van der Waals surface area contributed by atoms with Crippen LogP contribution in [0.5, 0.6) is 5.75 Å². The van der Waals surface area contributed by atoms with Crippen molar-refractivity contribution in [3.63, 3.8) is 0 Å². The molecule has 0 atom stereocenters. The first-order valence-electron chi connectivity index (χ1n) is 9.45. The van der Waals surface area contributed by atoms with Crippen LogP contribution in [0.3, 0.4) is 0 Å². The van der Waals surface area contributed by atoms with Crippen LogP contribution in [-0.4, -0.2) is 48.4 Å². The van der Waals surface area contributed by atoms with Gasteiger partial charge < -0.3 is 20.3 Å². The van der Waals surface area contributed by atoms with E-state index in [0.29, 0.717) is 18.7 Å². The van der Waals surface area contributed by atoms with Crippen molar-refractivity contribution in [2.45, 2.75) is 6.36 Å². The summed E-state index contributed by atoms with van der Waals surface area (Å²) in [5, 5.41) is 5.70. The van der Waals surface area contributed by atoms with Crippen molar-refractivity contribution >= 4 is 17.5 Å². The van der Waals surface area contributed by atoms with Crippen LogP contribution in [0.15, 0.2) is 48.5 Å². The minimum absolute atomic E-state index is 0.119. The van der Waals surface area contributed by atoms with Gasteiger partial charge in [-0.3, -0.25) is 0 Å². The van der Waals surface area contributed by atoms with E-state index in [1.54, 1.807) is 6.07 Å². The molecule has 0 spiro atoms. The van der Waals surface area contributed by atoms with Crippen molar-refractivity contribution in [1.82, 2.24) is 14.9 Å². The Bertz CT molecular complexity index is 1070. The van der Waals surface area contributed by atoms with Crippen molar-refractivity contribution in [2.24, 2.45) is 0 Å². The van der Waals surface area contributed by atoms with Crippen molar-refractivity contribution < 1.29 is 26.7 Å². The summed E-state index contributed by atoms with van der Waals surface area (Å²) in [6, 6.07) is 9.59. The summed E-state index contributed by atoms with van der Waals surface area (Å²) in [5.41, 5.74) is 0.412. The Morgan fingerprint density at radius 1 is 1.00 bits per heavy atom. The minimum Gasteiger partial charge on any atom is -0.406 e. The third-order valence-electron chi connectivity index (χ3n) is 4.12. The lowest BCUT2D eigenvalue weighted by atomic mass is 10.1. The highest BCUT2D eigenvalue weighted by molar-refractivity contribution is 5.68. The van der Waals surface area contributed by atoms with Crippen LogP contribution in [0, 0.1) is 11.6 Å². The fraction of sp³-hybridized carbons (Fsp3) is 0.238. The van der Waals surface area contributed by atoms with Gasteiger partial charge in [-0.2, -0.15) is 4.98 Å². The molecule has 2 N–H and O–H groups in total. The van der Waals surface area contributed by atoms with Crippen LogP contribution in [0.2, 0.25) is 0 Å². The molecule has 0 saturated carbocycles. The van der Waals surface area contributed by atoms with E-state index < -0.39 is 23.7 Å². The largest absolute Gasteiger partial charge is 0.573 e. The average Bonchev–Trinajstić information content (AvgIpc) is 2.69. The van der Waals surface area contributed by atoms with E-state index >= 15 is 0 Å². The monoisotopic (exact) mass is 453 g/mol. The van der Waals surface area contributed by atoms with Crippen LogP contribution >= 0.6 is 0 Å². The fourth-order valence-electron chi connectivity index (χ4n) is 2.71. The van der Waals surface area contributed by atoms with Crippen molar-refractivity contribution in [3.8, 4) is 17.0 Å². The molecule has 32 heavy (non-hydrogen) atoms. The second kappa shape index (κ2) is 9.77. The third kappa shape index (κ3) is 6.77. The average molecular weight is 453 g/mol. The van der Waals surface area contributed by atoms with Gasteiger partial charge in [-0.15, -0.1) is 13.2 Å². The molecule has 170 valence electrons. The number of hydrogen-bond donors (Lipinski definition) is 2. The summed E-state index contributed by atoms with van der Waals surface area (Å²) in [5.74, 6) is -1.49. The van der Waals surface area contributed by atoms with Gasteiger partial charge in [0.05, 0.1) is 11.4 Å². The van der Waals surface area contributed by atoms with Gasteiger partial charge in [-0.05, 0) is 38.4 Å². The molecule has 3 aromatic rings. The van der Waals surface area contributed by atoms with E-state index in [4.69, 9.17) is 0 Å². The summed E-state index contributed by atoms with van der Waals surface area (Å²) < 4.78 is 69.3. The third-order valence-corrected chi connectivity index (χ3v) is 4.12. The molecule has 0 bridgehead atoms. The maximum Gasteiger partial charge on any atom is 0.573 e. The number of alkyl halides is 3. The Morgan fingerprint density at radius 2 is 1.78 bits per heavy atom. The molecule has 1 heterocycles. The molecule has 0 aliphatic heterocycles. The lowest BCUT2D eigenvalue weighted by molar-refractivity contribution is -0.274. The molecule has 6 nitrogen and oxygen atoms in total. The lowest BCUT2D eigenvalue weighted by Gasteiger charge is -2.14. The first-order chi connectivity index (χ1) is 15.1. The van der Waals surface area contributed by atoms with Gasteiger partial charge in [-0.25, -0.2) is 13.8 Å². The van der Waals surface area contributed by atoms with Crippen molar-refractivity contribution in [1.29, 1.82) is 0 Å². The van der Waals surface area contributed by atoms with Crippen LogP contribution in [0.1, 0.15) is 0 Å². The molecule has 11 heteroatoms. The molecule has 0 radical (unpaired) electrons. The minimum atomic E-state index is -4.84. The van der Waals surface area contributed by atoms with Gasteiger partial charge in [0.25, 0.3) is 0 Å². The molecule has 3 rings (SSSR count). The zero-order chi connectivity index (χ0) is 23.3. The Morgan fingerprint density at radius 3 is 2.50 bits per heavy atom. The van der Waals surface area contributed by atoms with E-state index in [1.807, 2.05) is 19.0 Å². The van der Waals surface area contributed by atoms with Gasteiger partial charge in [0.15, 0.2) is 0 Å². The highest BCUT2D eigenvalue weighted by Gasteiger charge is 2.31. The van der Waals surface area contributed by atoms with E-state index in [0.717, 1.165) is 24.3 Å². The molecular weight excluding hydrogens is 433 g/mol. The first kappa shape index (κ1) is 23.2. The van der Waals surface area contributed by atoms with Crippen molar-refractivity contribution in [2.75, 3.05) is 37.8 Å². The Hall–Kier alpha value is -3.47. The Labute approximate surface area is 181 Å². The summed E-state index contributed by atoms with van der Waals surface area (Å²) in [6.45, 7) is 1.13. The van der Waals surface area contributed by atoms with Crippen LogP contribution in [-0.2, 0) is 0 Å². The van der Waals surface area contributed by atoms with Gasteiger partial charge >= 0.3 is 6.36 Å². The van der Waals surface area contributed by atoms with Crippen LogP contribution in [0.4, 0.5) is 39.4 Å². The number of hydrogen-bond acceptors (Lipinski definition) is 6. The maximum absolute atomic E-state index is 14.1. The number of benzene rings is 2. The fourth-order valence-corrected chi connectivity index (χ4v) is 2.71. The van der Waals surface area contributed by atoms with Crippen LogP contribution < -0.4 is 15.4 Å². The van der Waals surface area contributed by atoms with E-state index in [1.165, 1.54) is 18.2 Å². The van der Waals surface area contributed by atoms with Gasteiger partial charge in [-0.1, -0.05) is 12.1 Å². The highest BCUT2D eigenvalue weighted by atomic mass is 19.4. The molecule has 0 aliphatic rings. The van der Waals surface area contributed by atoms with Gasteiger partial charge in [0.1, 0.15) is 23.2 Å². The normalized spacial score (nSPS) is 11.5. The Kier molecular flexibility index (Phi) is 7.08. The number of halogens is 5. The van der Waals surface area contributed by atoms with Crippen molar-refractivity contribution in [3.05, 3.63) is 60.2 Å². The Balaban J connectivity index is 1.96. The second-order valence-electron chi connectivity index (χ2n) is 7.02. The van der Waals surface area contributed by atoms with E-state index in [9.17, 15) is 22.0 Å². The maximum atomic E-state index is 14.1. The molecule has 0 fully saturated rings. The summed E-state index contributed by atoms with van der Waals surface area (Å²) >= 11 is 0. The zero-order valence-corrected chi connectivity index (χ0v) is 17.2. The number of anilines is 3. The smallest absolute Gasteiger partial charge is 0.406 e. The highest BCUT2D eigenvalue weighted by Crippen LogP contribution is 2.29. The van der Waals surface area contributed by atoms with E-state index in [2.05, 4.69) is 25.3 Å². The molecule has 2 aromatic carbocycles. The predicted molar refractivity (Wildman–Crippen MR) is 111 cm³/mol. The second-order valence-corrected chi connectivity index (χ2v) is 7.02. The lowest BCUT2D eigenvalue weighted by Crippen LogP contribution is -2.21. The standard InChI is InChI=1S/C21H20F5N5O/c1-31(2)9-8-27-20-29-17(13-4-3-5-15(10-13)32-21(24,25)26)12-19(30-20)28-18-11-14(22)6-7-16(18)23/h3-7,10-12H,8-9H2,1-2H3,(H2,27,28,29,30). The number of rotatable bonds is 8. The van der Waals surface area contributed by atoms with Gasteiger partial charge in [0, 0.05) is 30.8 Å². The molecular formula is C21H20F5N5O. The topological polar surface area (TPSA) is 62.3 Å². The van der Waals surface area contributed by atoms with Gasteiger partial charge in [0.2, 0.25) is 5.95 Å². The predicted octanol–water partition coefficient (Wildman–Crippen LogP) is 5.04. The number of likely N-dealkylation sites (N-methyl/N-ethyl adjacent to an activating group) is 1. The summed E-state index contributed by atoms with van der Waals surface area (Å²) in [6.07, 6.45) is -4.84. The zero-order valence-electron chi connectivity index (χ0n) is 17.2. The number of nitrogens with zero attached hydrogens (tertiary/aromatic N) is 3. The number of aromatic nitrogens is 2. The summed E-state index contributed by atoms with van der Waals surface area (Å²) in [4.78, 5) is 10.5. The SMILES string of the molecule is CN(C)CCNc1nc(Nc2cc(F)ccc2F)cc(-c2cccc(OC(F)(F)F)c2)n1. The first-order valence-corrected chi connectivity index (χ1v) is 9.45. The molecule has 0 aliphatic carbocycles. The molecule has 0 unspecified atom stereocenters.